The van der Waals surface area contributed by atoms with Crippen molar-refractivity contribution in [3.63, 3.8) is 0 Å². The molecule has 0 aliphatic heterocycles. The average molecular weight is 373 g/mol. The molecule has 0 atom stereocenters. The van der Waals surface area contributed by atoms with E-state index in [1.54, 1.807) is 23.0 Å². The Labute approximate surface area is 157 Å². The van der Waals surface area contributed by atoms with Crippen molar-refractivity contribution >= 4 is 17.9 Å². The Morgan fingerprint density at radius 3 is 2.67 bits per heavy atom. The fourth-order valence-corrected chi connectivity index (χ4v) is 2.27. The second-order valence-corrected chi connectivity index (χ2v) is 6.19. The smallest absolute Gasteiger partial charge is 0.342 e. The second kappa shape index (κ2) is 9.46. The Kier molecular flexibility index (Phi) is 7.04. The van der Waals surface area contributed by atoms with Gasteiger partial charge in [0, 0.05) is 12.7 Å². The highest BCUT2D eigenvalue weighted by atomic mass is 16.5. The lowest BCUT2D eigenvalue weighted by Crippen LogP contribution is -2.42. The van der Waals surface area contributed by atoms with Crippen LogP contribution in [-0.2, 0) is 16.0 Å². The lowest BCUT2D eigenvalue weighted by Gasteiger charge is -2.09. The molecule has 0 radical (unpaired) electrons. The van der Waals surface area contributed by atoms with Gasteiger partial charge in [0.25, 0.3) is 5.91 Å². The van der Waals surface area contributed by atoms with E-state index in [4.69, 9.17) is 4.74 Å². The molecule has 2 N–H and O–H groups in total. The van der Waals surface area contributed by atoms with Gasteiger partial charge in [-0.1, -0.05) is 26.8 Å². The van der Waals surface area contributed by atoms with Crippen molar-refractivity contribution in [1.29, 1.82) is 0 Å². The van der Waals surface area contributed by atoms with Crippen molar-refractivity contribution in [3.8, 4) is 5.82 Å². The summed E-state index contributed by atoms with van der Waals surface area (Å²) in [7, 11) is 0. The van der Waals surface area contributed by atoms with Gasteiger partial charge in [-0.15, -0.1) is 0 Å². The standard InChI is InChI=1S/C18H23N5O4/c1-4-14-13(10-21-23(14)15-7-5-6-8-19-15)17(25)27-11-16(24)22-18(26)20-9-12(2)3/h5-8,10,12H,4,9,11H2,1-3H3,(H2,20,22,24,26). The van der Waals surface area contributed by atoms with Crippen LogP contribution in [0, 0.1) is 5.92 Å². The Morgan fingerprint density at radius 1 is 1.26 bits per heavy atom. The van der Waals surface area contributed by atoms with Gasteiger partial charge in [0.05, 0.1) is 11.9 Å². The van der Waals surface area contributed by atoms with Gasteiger partial charge in [0.1, 0.15) is 5.56 Å². The number of imide groups is 1. The molecule has 2 rings (SSSR count). The van der Waals surface area contributed by atoms with E-state index >= 15 is 0 Å². The number of ether oxygens (including phenoxy) is 1. The zero-order valence-electron chi connectivity index (χ0n) is 15.6. The molecule has 0 aliphatic rings. The zero-order valence-corrected chi connectivity index (χ0v) is 15.6. The van der Waals surface area contributed by atoms with Crippen molar-refractivity contribution in [1.82, 2.24) is 25.4 Å². The van der Waals surface area contributed by atoms with Gasteiger partial charge in [0.15, 0.2) is 12.4 Å². The summed E-state index contributed by atoms with van der Waals surface area (Å²) in [6.07, 6.45) is 3.52. The van der Waals surface area contributed by atoms with Crippen molar-refractivity contribution in [2.24, 2.45) is 5.92 Å². The topological polar surface area (TPSA) is 115 Å². The lowest BCUT2D eigenvalue weighted by molar-refractivity contribution is -0.123. The molecule has 0 aromatic carbocycles. The first-order chi connectivity index (χ1) is 12.9. The molecule has 144 valence electrons. The van der Waals surface area contributed by atoms with Crippen LogP contribution in [0.5, 0.6) is 0 Å². The molecule has 2 heterocycles. The minimum atomic E-state index is -0.709. The highest BCUT2D eigenvalue weighted by Crippen LogP contribution is 2.15. The lowest BCUT2D eigenvalue weighted by atomic mass is 10.2. The molecule has 0 saturated carbocycles. The van der Waals surface area contributed by atoms with Crippen LogP contribution in [0.15, 0.2) is 30.6 Å². The normalized spacial score (nSPS) is 10.5. The Bertz CT molecular complexity index is 801. The highest BCUT2D eigenvalue weighted by Gasteiger charge is 2.20. The molecule has 0 aliphatic carbocycles. The van der Waals surface area contributed by atoms with Crippen LogP contribution in [-0.4, -0.2) is 45.8 Å². The number of carbonyl (C=O) groups is 3. The van der Waals surface area contributed by atoms with Crippen LogP contribution >= 0.6 is 0 Å². The zero-order chi connectivity index (χ0) is 19.8. The van der Waals surface area contributed by atoms with Gasteiger partial charge >= 0.3 is 12.0 Å². The van der Waals surface area contributed by atoms with E-state index < -0.39 is 24.5 Å². The first kappa shape index (κ1) is 20.1. The number of urea groups is 1. The summed E-state index contributed by atoms with van der Waals surface area (Å²) in [5.41, 5.74) is 0.869. The van der Waals surface area contributed by atoms with Gasteiger partial charge in [-0.05, 0) is 24.5 Å². The Hall–Kier alpha value is -3.23. The number of pyridine rings is 1. The molecule has 9 heteroatoms. The summed E-state index contributed by atoms with van der Waals surface area (Å²) in [6, 6.07) is 4.74. The van der Waals surface area contributed by atoms with E-state index in [-0.39, 0.29) is 11.5 Å². The fraction of sp³-hybridized carbons (Fsp3) is 0.389. The van der Waals surface area contributed by atoms with Crippen LogP contribution < -0.4 is 10.6 Å². The van der Waals surface area contributed by atoms with Gasteiger partial charge in [-0.2, -0.15) is 5.10 Å². The first-order valence-electron chi connectivity index (χ1n) is 8.65. The maximum atomic E-state index is 12.3. The summed E-state index contributed by atoms with van der Waals surface area (Å²) in [4.78, 5) is 39.8. The molecular weight excluding hydrogens is 350 g/mol. The van der Waals surface area contributed by atoms with Gasteiger partial charge in [-0.3, -0.25) is 10.1 Å². The maximum absolute atomic E-state index is 12.3. The van der Waals surface area contributed by atoms with Crippen LogP contribution in [0.4, 0.5) is 4.79 Å². The SMILES string of the molecule is CCc1c(C(=O)OCC(=O)NC(=O)NCC(C)C)cnn1-c1ccccn1. The van der Waals surface area contributed by atoms with E-state index in [2.05, 4.69) is 20.7 Å². The number of nitrogens with one attached hydrogen (secondary N) is 2. The molecule has 3 amide bonds. The van der Waals surface area contributed by atoms with Gasteiger partial charge < -0.3 is 10.1 Å². The number of hydrogen-bond acceptors (Lipinski definition) is 6. The predicted molar refractivity (Wildman–Crippen MR) is 97.4 cm³/mol. The molecule has 27 heavy (non-hydrogen) atoms. The largest absolute Gasteiger partial charge is 0.452 e. The number of hydrogen-bond donors (Lipinski definition) is 2. The first-order valence-corrected chi connectivity index (χ1v) is 8.65. The number of esters is 1. The number of aromatic nitrogens is 3. The van der Waals surface area contributed by atoms with Crippen molar-refractivity contribution in [3.05, 3.63) is 41.9 Å². The van der Waals surface area contributed by atoms with Crippen LogP contribution in [0.2, 0.25) is 0 Å². The summed E-state index contributed by atoms with van der Waals surface area (Å²) < 4.78 is 6.55. The molecule has 0 saturated heterocycles. The van der Waals surface area contributed by atoms with E-state index in [9.17, 15) is 14.4 Å². The van der Waals surface area contributed by atoms with E-state index in [0.29, 0.717) is 24.5 Å². The average Bonchev–Trinajstić information content (AvgIpc) is 3.09. The monoisotopic (exact) mass is 373 g/mol. The summed E-state index contributed by atoms with van der Waals surface area (Å²) >= 11 is 0. The predicted octanol–water partition coefficient (Wildman–Crippen LogP) is 1.47. The molecule has 9 nitrogen and oxygen atoms in total. The van der Waals surface area contributed by atoms with Crippen molar-refractivity contribution in [2.75, 3.05) is 13.2 Å². The number of nitrogens with zero attached hydrogens (tertiary/aromatic N) is 3. The number of amides is 3. The van der Waals surface area contributed by atoms with Crippen molar-refractivity contribution < 1.29 is 19.1 Å². The third kappa shape index (κ3) is 5.63. The van der Waals surface area contributed by atoms with Gasteiger partial charge in [0.2, 0.25) is 0 Å². The highest BCUT2D eigenvalue weighted by molar-refractivity contribution is 5.97. The molecule has 0 unspecified atom stereocenters. The number of carbonyl (C=O) groups excluding carboxylic acids is 3. The second-order valence-electron chi connectivity index (χ2n) is 6.19. The van der Waals surface area contributed by atoms with Crippen LogP contribution in [0.3, 0.4) is 0 Å². The quantitative estimate of drug-likeness (QED) is 0.710. The van der Waals surface area contributed by atoms with E-state index in [1.807, 2.05) is 26.8 Å². The molecule has 2 aromatic rings. The van der Waals surface area contributed by atoms with Gasteiger partial charge in [-0.25, -0.2) is 19.3 Å². The Morgan fingerprint density at radius 2 is 2.04 bits per heavy atom. The van der Waals surface area contributed by atoms with Crippen LogP contribution in [0.25, 0.3) is 5.82 Å². The summed E-state index contributed by atoms with van der Waals surface area (Å²) in [6.45, 7) is 5.61. The molecule has 0 bridgehead atoms. The molecular formula is C18H23N5O4. The third-order valence-corrected chi connectivity index (χ3v) is 3.55. The summed E-state index contributed by atoms with van der Waals surface area (Å²) in [5, 5.41) is 8.83. The summed E-state index contributed by atoms with van der Waals surface area (Å²) in [5.74, 6) is -0.564. The minimum Gasteiger partial charge on any atom is -0.452 e. The van der Waals surface area contributed by atoms with E-state index in [1.165, 1.54) is 6.20 Å². The van der Waals surface area contributed by atoms with Crippen LogP contribution in [0.1, 0.15) is 36.8 Å². The minimum absolute atomic E-state index is 0.250. The third-order valence-electron chi connectivity index (χ3n) is 3.55. The molecule has 2 aromatic heterocycles. The molecule has 0 spiro atoms. The maximum Gasteiger partial charge on any atom is 0.342 e. The Balaban J connectivity index is 1.95. The number of rotatable bonds is 7. The fourth-order valence-electron chi connectivity index (χ4n) is 2.27. The van der Waals surface area contributed by atoms with E-state index in [0.717, 1.165) is 0 Å². The molecule has 0 fully saturated rings. The van der Waals surface area contributed by atoms with Crippen molar-refractivity contribution in [2.45, 2.75) is 27.2 Å².